The molecular weight excluding hydrogens is 304 g/mol. The lowest BCUT2D eigenvalue weighted by Crippen LogP contribution is -2.57. The van der Waals surface area contributed by atoms with Crippen molar-refractivity contribution in [3.63, 3.8) is 0 Å². The Balaban J connectivity index is 1.47. The van der Waals surface area contributed by atoms with Crippen molar-refractivity contribution in [2.24, 2.45) is 5.41 Å². The molecule has 0 radical (unpaired) electrons. The van der Waals surface area contributed by atoms with Crippen molar-refractivity contribution in [1.82, 2.24) is 9.88 Å². The smallest absolute Gasteiger partial charge is 0.213 e. The van der Waals surface area contributed by atoms with E-state index in [2.05, 4.69) is 9.88 Å². The number of rotatable bonds is 5. The predicted octanol–water partition coefficient (Wildman–Crippen LogP) is 3.12. The van der Waals surface area contributed by atoms with Crippen molar-refractivity contribution < 1.29 is 13.9 Å². The van der Waals surface area contributed by atoms with Crippen LogP contribution in [0.25, 0.3) is 0 Å². The van der Waals surface area contributed by atoms with Crippen molar-refractivity contribution >= 4 is 0 Å². The van der Waals surface area contributed by atoms with Gasteiger partial charge in [0.25, 0.3) is 0 Å². The van der Waals surface area contributed by atoms with Crippen LogP contribution < -0.4 is 4.74 Å². The van der Waals surface area contributed by atoms with Gasteiger partial charge in [-0.15, -0.1) is 0 Å². The van der Waals surface area contributed by atoms with Crippen molar-refractivity contribution in [2.45, 2.75) is 31.9 Å². The third kappa shape index (κ3) is 3.32. The number of likely N-dealkylation sites (tertiary alicyclic amines) is 1. The summed E-state index contributed by atoms with van der Waals surface area (Å²) in [5.74, 6) is 1.71. The van der Waals surface area contributed by atoms with E-state index in [1.54, 1.807) is 12.5 Å². The highest BCUT2D eigenvalue weighted by atomic mass is 16.5. The Hall–Kier alpha value is -1.85. The zero-order valence-electron chi connectivity index (χ0n) is 13.9. The van der Waals surface area contributed by atoms with Gasteiger partial charge in [-0.25, -0.2) is 4.98 Å². The van der Waals surface area contributed by atoms with E-state index in [1.807, 2.05) is 30.3 Å². The molecule has 2 saturated heterocycles. The molecule has 2 atom stereocenters. The second kappa shape index (κ2) is 6.95. The normalized spacial score (nSPS) is 27.6. The van der Waals surface area contributed by atoms with Crippen molar-refractivity contribution in [1.29, 1.82) is 0 Å². The van der Waals surface area contributed by atoms with Gasteiger partial charge in [0.15, 0.2) is 0 Å². The fourth-order valence-corrected chi connectivity index (χ4v) is 4.00. The van der Waals surface area contributed by atoms with E-state index in [0.717, 1.165) is 51.3 Å². The van der Waals surface area contributed by atoms with E-state index >= 15 is 0 Å². The van der Waals surface area contributed by atoms with Crippen LogP contribution in [-0.2, 0) is 11.3 Å². The highest BCUT2D eigenvalue weighted by Crippen LogP contribution is 2.40. The molecule has 0 N–H and O–H groups in total. The maximum Gasteiger partial charge on any atom is 0.213 e. The monoisotopic (exact) mass is 328 g/mol. The van der Waals surface area contributed by atoms with Crippen LogP contribution in [0.2, 0.25) is 0 Å². The maximum atomic E-state index is 6.11. The van der Waals surface area contributed by atoms with Crippen molar-refractivity contribution in [3.05, 3.63) is 48.6 Å². The third-order valence-electron chi connectivity index (χ3n) is 5.17. The molecular formula is C19H24N2O3. The lowest BCUT2D eigenvalue weighted by molar-refractivity contribution is -0.141. The van der Waals surface area contributed by atoms with Crippen LogP contribution in [0.15, 0.2) is 47.2 Å². The van der Waals surface area contributed by atoms with Crippen molar-refractivity contribution in [3.8, 4) is 5.88 Å². The summed E-state index contributed by atoms with van der Waals surface area (Å²) in [4.78, 5) is 6.75. The standard InChI is InChI=1S/C19H24N2O3/c1-2-9-20-18(6-1)24-15-19-8-4-12-23-17(19)7-10-21(14-19)13-16-5-3-11-22-16/h1-3,5-6,9,11,17H,4,7-8,10,12-15H2. The Labute approximate surface area is 142 Å². The zero-order valence-corrected chi connectivity index (χ0v) is 13.9. The molecule has 2 fully saturated rings. The summed E-state index contributed by atoms with van der Waals surface area (Å²) in [6.07, 6.45) is 7.07. The van der Waals surface area contributed by atoms with Gasteiger partial charge in [-0.1, -0.05) is 6.07 Å². The minimum Gasteiger partial charge on any atom is -0.477 e. The van der Waals surface area contributed by atoms with Gasteiger partial charge in [0.05, 0.1) is 25.5 Å². The van der Waals surface area contributed by atoms with Crippen LogP contribution in [0.1, 0.15) is 25.0 Å². The summed E-state index contributed by atoms with van der Waals surface area (Å²) < 4.78 is 17.7. The first-order valence-electron chi connectivity index (χ1n) is 8.74. The molecule has 2 aromatic rings. The fraction of sp³-hybridized carbons (Fsp3) is 0.526. The van der Waals surface area contributed by atoms with Crippen LogP contribution in [0.5, 0.6) is 5.88 Å². The summed E-state index contributed by atoms with van der Waals surface area (Å²) in [6, 6.07) is 9.77. The van der Waals surface area contributed by atoms with Gasteiger partial charge in [0.1, 0.15) is 5.76 Å². The molecule has 2 aliphatic heterocycles. The first-order valence-corrected chi connectivity index (χ1v) is 8.74. The number of hydrogen-bond acceptors (Lipinski definition) is 5. The molecule has 0 bridgehead atoms. The number of hydrogen-bond donors (Lipinski definition) is 0. The number of fused-ring (bicyclic) bond motifs is 1. The second-order valence-corrected chi connectivity index (χ2v) is 6.86. The predicted molar refractivity (Wildman–Crippen MR) is 89.7 cm³/mol. The Kier molecular flexibility index (Phi) is 4.54. The van der Waals surface area contributed by atoms with Gasteiger partial charge in [-0.05, 0) is 37.5 Å². The molecule has 128 valence electrons. The summed E-state index contributed by atoms with van der Waals surface area (Å²) in [6.45, 7) is 4.39. The van der Waals surface area contributed by atoms with Gasteiger partial charge in [-0.2, -0.15) is 0 Å². The van der Waals surface area contributed by atoms with Gasteiger partial charge < -0.3 is 13.9 Å². The molecule has 24 heavy (non-hydrogen) atoms. The maximum absolute atomic E-state index is 6.11. The minimum absolute atomic E-state index is 0.0423. The molecule has 0 amide bonds. The average molecular weight is 328 g/mol. The number of aromatic nitrogens is 1. The fourth-order valence-electron chi connectivity index (χ4n) is 4.00. The Morgan fingerprint density at radius 1 is 1.29 bits per heavy atom. The van der Waals surface area contributed by atoms with Crippen LogP contribution in [-0.4, -0.2) is 42.3 Å². The van der Waals surface area contributed by atoms with Crippen LogP contribution in [0.3, 0.4) is 0 Å². The van der Waals surface area contributed by atoms with Gasteiger partial charge >= 0.3 is 0 Å². The Morgan fingerprint density at radius 2 is 2.29 bits per heavy atom. The quantitative estimate of drug-likeness (QED) is 0.844. The third-order valence-corrected chi connectivity index (χ3v) is 5.17. The Morgan fingerprint density at radius 3 is 3.12 bits per heavy atom. The first-order chi connectivity index (χ1) is 11.8. The first kappa shape index (κ1) is 15.7. The number of pyridine rings is 1. The molecule has 5 nitrogen and oxygen atoms in total. The summed E-state index contributed by atoms with van der Waals surface area (Å²) >= 11 is 0. The molecule has 4 heterocycles. The zero-order chi connectivity index (χ0) is 16.2. The van der Waals surface area contributed by atoms with Gasteiger partial charge in [0.2, 0.25) is 5.88 Å². The lowest BCUT2D eigenvalue weighted by atomic mass is 9.73. The average Bonchev–Trinajstić information content (AvgIpc) is 3.14. The van der Waals surface area contributed by atoms with Gasteiger partial charge in [-0.3, -0.25) is 4.90 Å². The Bertz CT molecular complexity index is 631. The van der Waals surface area contributed by atoms with Gasteiger partial charge in [0, 0.05) is 37.4 Å². The SMILES string of the molecule is c1ccc(OCC23CCCOC2CCN(Cc2ccco2)C3)nc1. The molecule has 2 aliphatic rings. The largest absolute Gasteiger partial charge is 0.477 e. The molecule has 2 aromatic heterocycles. The van der Waals surface area contributed by atoms with Crippen molar-refractivity contribution in [2.75, 3.05) is 26.3 Å². The summed E-state index contributed by atoms with van der Waals surface area (Å²) in [5.41, 5.74) is 0.0423. The molecule has 5 heteroatoms. The van der Waals surface area contributed by atoms with Crippen LogP contribution >= 0.6 is 0 Å². The highest BCUT2D eigenvalue weighted by molar-refractivity contribution is 5.10. The van der Waals surface area contributed by atoms with E-state index in [4.69, 9.17) is 13.9 Å². The van der Waals surface area contributed by atoms with Crippen LogP contribution in [0.4, 0.5) is 0 Å². The lowest BCUT2D eigenvalue weighted by Gasteiger charge is -2.50. The molecule has 0 spiro atoms. The summed E-state index contributed by atoms with van der Waals surface area (Å²) in [5, 5.41) is 0. The molecule has 2 unspecified atom stereocenters. The van der Waals surface area contributed by atoms with E-state index in [9.17, 15) is 0 Å². The van der Waals surface area contributed by atoms with E-state index < -0.39 is 0 Å². The number of furan rings is 1. The van der Waals surface area contributed by atoms with E-state index in [-0.39, 0.29) is 11.5 Å². The number of nitrogens with zero attached hydrogens (tertiary/aromatic N) is 2. The number of ether oxygens (including phenoxy) is 2. The summed E-state index contributed by atoms with van der Waals surface area (Å²) in [7, 11) is 0. The molecule has 0 saturated carbocycles. The highest BCUT2D eigenvalue weighted by Gasteiger charge is 2.46. The minimum atomic E-state index is 0.0423. The topological polar surface area (TPSA) is 47.7 Å². The molecule has 0 aromatic carbocycles. The van der Waals surface area contributed by atoms with Crippen LogP contribution in [0, 0.1) is 5.41 Å². The van der Waals surface area contributed by atoms with E-state index in [1.165, 1.54) is 0 Å². The van der Waals surface area contributed by atoms with E-state index in [0.29, 0.717) is 12.5 Å². The second-order valence-electron chi connectivity index (χ2n) is 6.86. The molecule has 0 aliphatic carbocycles. The number of piperidine rings is 1. The molecule has 4 rings (SSSR count).